The van der Waals surface area contributed by atoms with E-state index in [-0.39, 0.29) is 6.04 Å². The highest BCUT2D eigenvalue weighted by Gasteiger charge is 2.21. The summed E-state index contributed by atoms with van der Waals surface area (Å²) >= 11 is 0. The molecule has 2 N–H and O–H groups in total. The Bertz CT molecular complexity index is 709. The summed E-state index contributed by atoms with van der Waals surface area (Å²) in [7, 11) is 1.82. The van der Waals surface area contributed by atoms with E-state index in [1.165, 1.54) is 16.7 Å². The van der Waals surface area contributed by atoms with Crippen LogP contribution in [0, 0.1) is 0 Å². The van der Waals surface area contributed by atoms with Crippen LogP contribution in [0.5, 0.6) is 5.75 Å². The highest BCUT2D eigenvalue weighted by Crippen LogP contribution is 2.31. The van der Waals surface area contributed by atoms with Gasteiger partial charge in [-0.3, -0.25) is 4.99 Å². The second-order valence-corrected chi connectivity index (χ2v) is 6.29. The van der Waals surface area contributed by atoms with Crippen molar-refractivity contribution < 1.29 is 4.74 Å². The standard InChI is InChI=1S/C21H27N3O/c1-3-16-8-10-17(11-9-16)12-14-23-21(22-2)24-19-13-15-25-20-7-5-4-6-18(19)20/h4-11,19H,3,12-15H2,1-2H3,(H2,22,23,24). The van der Waals surface area contributed by atoms with Crippen molar-refractivity contribution in [3.63, 3.8) is 0 Å². The third-order valence-electron chi connectivity index (χ3n) is 4.63. The lowest BCUT2D eigenvalue weighted by Gasteiger charge is -2.28. The number of nitrogens with one attached hydrogen (secondary N) is 2. The lowest BCUT2D eigenvalue weighted by Crippen LogP contribution is -2.41. The summed E-state index contributed by atoms with van der Waals surface area (Å²) in [4.78, 5) is 4.37. The van der Waals surface area contributed by atoms with Crippen LogP contribution in [0.4, 0.5) is 0 Å². The summed E-state index contributed by atoms with van der Waals surface area (Å²) in [6.45, 7) is 3.77. The Morgan fingerprint density at radius 3 is 2.64 bits per heavy atom. The Hall–Kier alpha value is -2.49. The van der Waals surface area contributed by atoms with Gasteiger partial charge in [0.15, 0.2) is 5.96 Å². The normalized spacial score (nSPS) is 16.7. The minimum atomic E-state index is 0.236. The third-order valence-corrected chi connectivity index (χ3v) is 4.63. The van der Waals surface area contributed by atoms with Gasteiger partial charge in [0.1, 0.15) is 5.75 Å². The van der Waals surface area contributed by atoms with Crippen molar-refractivity contribution in [2.75, 3.05) is 20.2 Å². The number of hydrogen-bond donors (Lipinski definition) is 2. The molecule has 1 aliphatic rings. The first-order chi connectivity index (χ1) is 12.3. The lowest BCUT2D eigenvalue weighted by atomic mass is 10.0. The number of guanidine groups is 1. The molecule has 132 valence electrons. The molecule has 0 saturated heterocycles. The fourth-order valence-electron chi connectivity index (χ4n) is 3.12. The largest absolute Gasteiger partial charge is 0.493 e. The Morgan fingerprint density at radius 2 is 1.88 bits per heavy atom. The number of aryl methyl sites for hydroxylation is 1. The maximum Gasteiger partial charge on any atom is 0.191 e. The molecule has 0 amide bonds. The second kappa shape index (κ2) is 8.56. The van der Waals surface area contributed by atoms with Crippen LogP contribution in [0.1, 0.15) is 36.1 Å². The van der Waals surface area contributed by atoms with E-state index in [0.29, 0.717) is 0 Å². The molecule has 0 radical (unpaired) electrons. The van der Waals surface area contributed by atoms with Crippen LogP contribution in [0.3, 0.4) is 0 Å². The summed E-state index contributed by atoms with van der Waals surface area (Å²) < 4.78 is 5.73. The summed E-state index contributed by atoms with van der Waals surface area (Å²) in [5, 5.41) is 6.95. The molecule has 1 unspecified atom stereocenters. The molecule has 3 rings (SSSR count). The summed E-state index contributed by atoms with van der Waals surface area (Å²) in [6.07, 6.45) is 3.01. The fraction of sp³-hybridized carbons (Fsp3) is 0.381. The molecule has 4 nitrogen and oxygen atoms in total. The molecule has 0 bridgehead atoms. The molecule has 0 saturated carbocycles. The van der Waals surface area contributed by atoms with Crippen molar-refractivity contribution in [2.45, 2.75) is 32.2 Å². The van der Waals surface area contributed by atoms with E-state index in [1.54, 1.807) is 0 Å². The molecule has 0 spiro atoms. The maximum absolute atomic E-state index is 5.73. The van der Waals surface area contributed by atoms with Gasteiger partial charge in [0.05, 0.1) is 12.6 Å². The van der Waals surface area contributed by atoms with E-state index in [9.17, 15) is 0 Å². The van der Waals surface area contributed by atoms with Gasteiger partial charge in [0.25, 0.3) is 0 Å². The van der Waals surface area contributed by atoms with Crippen LogP contribution in [0.2, 0.25) is 0 Å². The van der Waals surface area contributed by atoms with Crippen LogP contribution in [-0.2, 0) is 12.8 Å². The van der Waals surface area contributed by atoms with Crippen LogP contribution in [0.15, 0.2) is 53.5 Å². The minimum Gasteiger partial charge on any atom is -0.493 e. The van der Waals surface area contributed by atoms with Crippen molar-refractivity contribution in [3.8, 4) is 5.75 Å². The van der Waals surface area contributed by atoms with Crippen LogP contribution < -0.4 is 15.4 Å². The highest BCUT2D eigenvalue weighted by molar-refractivity contribution is 5.80. The average molecular weight is 337 g/mol. The van der Waals surface area contributed by atoms with Gasteiger partial charge in [-0.15, -0.1) is 0 Å². The monoisotopic (exact) mass is 337 g/mol. The van der Waals surface area contributed by atoms with Crippen molar-refractivity contribution in [1.29, 1.82) is 0 Å². The molecule has 2 aromatic carbocycles. The molecular formula is C21H27N3O. The van der Waals surface area contributed by atoms with Gasteiger partial charge in [-0.05, 0) is 30.0 Å². The summed E-state index contributed by atoms with van der Waals surface area (Å²) in [6, 6.07) is 17.3. The average Bonchev–Trinajstić information content (AvgIpc) is 2.68. The molecule has 4 heteroatoms. The van der Waals surface area contributed by atoms with E-state index in [4.69, 9.17) is 4.74 Å². The van der Waals surface area contributed by atoms with Gasteiger partial charge < -0.3 is 15.4 Å². The zero-order chi connectivity index (χ0) is 17.5. The molecule has 0 aliphatic carbocycles. The maximum atomic E-state index is 5.73. The van der Waals surface area contributed by atoms with Gasteiger partial charge in [-0.25, -0.2) is 0 Å². The molecule has 25 heavy (non-hydrogen) atoms. The number of fused-ring (bicyclic) bond motifs is 1. The van der Waals surface area contributed by atoms with Crippen LogP contribution >= 0.6 is 0 Å². The van der Waals surface area contributed by atoms with Gasteiger partial charge in [-0.2, -0.15) is 0 Å². The number of aliphatic imine (C=N–C) groups is 1. The number of ether oxygens (including phenoxy) is 1. The molecule has 1 heterocycles. The van der Waals surface area contributed by atoms with Crippen molar-refractivity contribution in [1.82, 2.24) is 10.6 Å². The molecule has 1 atom stereocenters. The Kier molecular flexibility index (Phi) is 5.94. The third kappa shape index (κ3) is 4.53. The van der Waals surface area contributed by atoms with Gasteiger partial charge in [-0.1, -0.05) is 49.4 Å². The quantitative estimate of drug-likeness (QED) is 0.648. The van der Waals surface area contributed by atoms with E-state index in [1.807, 2.05) is 19.2 Å². The Labute approximate surface area is 150 Å². The van der Waals surface area contributed by atoms with Crippen molar-refractivity contribution in [3.05, 3.63) is 65.2 Å². The van der Waals surface area contributed by atoms with E-state index >= 15 is 0 Å². The van der Waals surface area contributed by atoms with E-state index in [2.05, 4.69) is 58.9 Å². The van der Waals surface area contributed by atoms with Crippen molar-refractivity contribution in [2.24, 2.45) is 4.99 Å². The minimum absolute atomic E-state index is 0.236. The van der Waals surface area contributed by atoms with Gasteiger partial charge in [0.2, 0.25) is 0 Å². The lowest BCUT2D eigenvalue weighted by molar-refractivity contribution is 0.261. The smallest absolute Gasteiger partial charge is 0.191 e. The van der Waals surface area contributed by atoms with E-state index < -0.39 is 0 Å². The zero-order valence-electron chi connectivity index (χ0n) is 15.1. The van der Waals surface area contributed by atoms with Crippen LogP contribution in [-0.4, -0.2) is 26.2 Å². The number of benzene rings is 2. The summed E-state index contributed by atoms with van der Waals surface area (Å²) in [5.41, 5.74) is 3.93. The van der Waals surface area contributed by atoms with Crippen molar-refractivity contribution >= 4 is 5.96 Å². The molecular weight excluding hydrogens is 310 g/mol. The second-order valence-electron chi connectivity index (χ2n) is 6.29. The fourth-order valence-corrected chi connectivity index (χ4v) is 3.12. The first-order valence-electron chi connectivity index (χ1n) is 9.07. The molecule has 0 fully saturated rings. The zero-order valence-corrected chi connectivity index (χ0v) is 15.1. The number of para-hydroxylation sites is 1. The van der Waals surface area contributed by atoms with Gasteiger partial charge in [0, 0.05) is 25.6 Å². The topological polar surface area (TPSA) is 45.7 Å². The predicted octanol–water partition coefficient (Wildman–Crippen LogP) is 3.48. The molecule has 1 aliphatic heterocycles. The van der Waals surface area contributed by atoms with Crippen LogP contribution in [0.25, 0.3) is 0 Å². The Morgan fingerprint density at radius 1 is 1.12 bits per heavy atom. The first kappa shape index (κ1) is 17.3. The summed E-state index contributed by atoms with van der Waals surface area (Å²) in [5.74, 6) is 1.81. The van der Waals surface area contributed by atoms with E-state index in [0.717, 1.165) is 44.1 Å². The first-order valence-corrected chi connectivity index (χ1v) is 9.07. The SMILES string of the molecule is CCc1ccc(CCNC(=NC)NC2CCOc3ccccc32)cc1. The number of rotatable bonds is 5. The predicted molar refractivity (Wildman–Crippen MR) is 103 cm³/mol. The highest BCUT2D eigenvalue weighted by atomic mass is 16.5. The molecule has 0 aromatic heterocycles. The Balaban J connectivity index is 1.53. The number of nitrogens with zero attached hydrogens (tertiary/aromatic N) is 1. The van der Waals surface area contributed by atoms with Gasteiger partial charge >= 0.3 is 0 Å². The number of hydrogen-bond acceptors (Lipinski definition) is 2. The molecule has 2 aromatic rings.